The number of benzene rings is 2. The molecule has 12 nitrogen and oxygen atoms in total. The minimum atomic E-state index is -1.15. The minimum Gasteiger partial charge on any atom is -0.497 e. The summed E-state index contributed by atoms with van der Waals surface area (Å²) in [6, 6.07) is 15.0. The zero-order valence-electron chi connectivity index (χ0n) is 30.1. The first kappa shape index (κ1) is 36.4. The predicted molar refractivity (Wildman–Crippen MR) is 188 cm³/mol. The van der Waals surface area contributed by atoms with Gasteiger partial charge in [-0.3, -0.25) is 9.59 Å². The SMILES string of the molecule is COC(=O)C1(NC(=O)C2CC(Oc3cc(-c4ccccc4)nc4cc(OC)ccc34)CN2C(=O)C(NC(=O)OC(C)(C)C)C(C)(C)C)CCC1. The van der Waals surface area contributed by atoms with Crippen LogP contribution >= 0.6 is 0 Å². The van der Waals surface area contributed by atoms with Crippen molar-refractivity contribution in [3.05, 3.63) is 54.6 Å². The lowest BCUT2D eigenvalue weighted by Gasteiger charge is -2.41. The van der Waals surface area contributed by atoms with Crippen LogP contribution in [0.15, 0.2) is 54.6 Å². The Hall–Kier alpha value is -4.87. The molecule has 0 radical (unpaired) electrons. The first-order chi connectivity index (χ1) is 23.5. The molecule has 1 aliphatic heterocycles. The van der Waals surface area contributed by atoms with Crippen molar-refractivity contribution in [1.82, 2.24) is 20.5 Å². The van der Waals surface area contributed by atoms with Crippen LogP contribution in [0.3, 0.4) is 0 Å². The van der Waals surface area contributed by atoms with Crippen molar-refractivity contribution in [3.8, 4) is 22.8 Å². The van der Waals surface area contributed by atoms with Crippen LogP contribution in [0.2, 0.25) is 0 Å². The molecule has 2 fully saturated rings. The molecule has 1 saturated carbocycles. The number of alkyl carbamates (subject to hydrolysis) is 1. The third-order valence-corrected chi connectivity index (χ3v) is 9.11. The second-order valence-electron chi connectivity index (χ2n) is 15.1. The molecule has 1 aliphatic carbocycles. The molecule has 5 rings (SSSR count). The van der Waals surface area contributed by atoms with Gasteiger partial charge < -0.3 is 34.5 Å². The summed E-state index contributed by atoms with van der Waals surface area (Å²) in [4.78, 5) is 60.6. The van der Waals surface area contributed by atoms with Gasteiger partial charge in [-0.05, 0) is 57.6 Å². The maximum atomic E-state index is 14.5. The van der Waals surface area contributed by atoms with Crippen molar-refractivity contribution < 1.29 is 38.1 Å². The van der Waals surface area contributed by atoms with Crippen LogP contribution in [0, 0.1) is 5.41 Å². The summed E-state index contributed by atoms with van der Waals surface area (Å²) in [7, 11) is 2.88. The van der Waals surface area contributed by atoms with Crippen LogP contribution in [-0.4, -0.2) is 83.9 Å². The highest BCUT2D eigenvalue weighted by atomic mass is 16.6. The summed E-state index contributed by atoms with van der Waals surface area (Å²) in [5, 5.41) is 6.40. The fourth-order valence-electron chi connectivity index (χ4n) is 6.38. The Labute approximate surface area is 293 Å². The van der Waals surface area contributed by atoms with Crippen molar-refractivity contribution >= 4 is 34.8 Å². The van der Waals surface area contributed by atoms with E-state index in [-0.39, 0.29) is 13.0 Å². The molecule has 2 N–H and O–H groups in total. The van der Waals surface area contributed by atoms with Crippen LogP contribution in [0.4, 0.5) is 4.79 Å². The normalized spacial score (nSPS) is 19.2. The molecule has 50 heavy (non-hydrogen) atoms. The predicted octanol–water partition coefficient (Wildman–Crippen LogP) is 5.41. The van der Waals surface area contributed by atoms with Crippen molar-refractivity contribution in [2.75, 3.05) is 20.8 Å². The summed E-state index contributed by atoms with van der Waals surface area (Å²) < 4.78 is 22.7. The standard InChI is InChI=1S/C38H48N4O8/c1-36(2,3)31(40-35(46)50-37(4,5)6)33(44)42-22-25(20-29(42)32(43)41-38(17-12-18-38)34(45)48-8)49-30-21-27(23-13-10-9-11-14-23)39-28-19-24(47-7)15-16-26(28)30/h9-11,13-16,19,21,25,29,31H,12,17-18,20,22H2,1-8H3,(H,40,46)(H,41,43). The monoisotopic (exact) mass is 688 g/mol. The number of ether oxygens (including phenoxy) is 4. The average Bonchev–Trinajstić information content (AvgIpc) is 3.47. The van der Waals surface area contributed by atoms with Crippen molar-refractivity contribution in [1.29, 1.82) is 0 Å². The number of carbonyl (C=O) groups excluding carboxylic acids is 4. The lowest BCUT2D eigenvalue weighted by molar-refractivity contribution is -0.156. The van der Waals surface area contributed by atoms with E-state index in [9.17, 15) is 19.2 Å². The molecule has 2 aliphatic rings. The third-order valence-electron chi connectivity index (χ3n) is 9.11. The number of nitrogens with one attached hydrogen (secondary N) is 2. The second kappa shape index (κ2) is 14.2. The second-order valence-corrected chi connectivity index (χ2v) is 15.1. The maximum Gasteiger partial charge on any atom is 0.408 e. The summed E-state index contributed by atoms with van der Waals surface area (Å²) in [6.07, 6.45) is 0.397. The van der Waals surface area contributed by atoms with Crippen LogP contribution in [-0.2, 0) is 23.9 Å². The van der Waals surface area contributed by atoms with E-state index in [0.29, 0.717) is 35.6 Å². The van der Waals surface area contributed by atoms with Crippen molar-refractivity contribution in [2.45, 2.75) is 96.6 Å². The molecule has 3 atom stereocenters. The highest BCUT2D eigenvalue weighted by Crippen LogP contribution is 2.37. The molecule has 1 aromatic heterocycles. The van der Waals surface area contributed by atoms with Gasteiger partial charge in [-0.1, -0.05) is 51.1 Å². The van der Waals surface area contributed by atoms with E-state index in [0.717, 1.165) is 17.4 Å². The van der Waals surface area contributed by atoms with E-state index in [1.807, 2.05) is 75.4 Å². The zero-order chi connectivity index (χ0) is 36.4. The molecule has 3 amide bonds. The van der Waals surface area contributed by atoms with Gasteiger partial charge in [0.1, 0.15) is 40.8 Å². The Kier molecular flexibility index (Phi) is 10.3. The molecule has 2 heterocycles. The number of nitrogens with zero attached hydrogens (tertiary/aromatic N) is 2. The van der Waals surface area contributed by atoms with Gasteiger partial charge in [-0.25, -0.2) is 14.6 Å². The summed E-state index contributed by atoms with van der Waals surface area (Å²) in [5.41, 5.74) is -0.465. The molecule has 2 aromatic carbocycles. The van der Waals surface area contributed by atoms with Gasteiger partial charge >= 0.3 is 12.1 Å². The summed E-state index contributed by atoms with van der Waals surface area (Å²) in [6.45, 7) is 10.7. The topological polar surface area (TPSA) is 145 Å². The number of carbonyl (C=O) groups is 4. The number of esters is 1. The van der Waals surface area contributed by atoms with Gasteiger partial charge in [0.2, 0.25) is 11.8 Å². The molecule has 3 unspecified atom stereocenters. The number of pyridine rings is 1. The summed E-state index contributed by atoms with van der Waals surface area (Å²) >= 11 is 0. The molecule has 3 aromatic rings. The highest BCUT2D eigenvalue weighted by Gasteiger charge is 2.51. The van der Waals surface area contributed by atoms with Crippen LogP contribution in [0.1, 0.15) is 67.2 Å². The lowest BCUT2D eigenvalue weighted by atomic mass is 9.76. The Morgan fingerprint density at radius 2 is 1.66 bits per heavy atom. The molecule has 12 heteroatoms. The third kappa shape index (κ3) is 7.95. The van der Waals surface area contributed by atoms with E-state index in [2.05, 4.69) is 10.6 Å². The average molecular weight is 689 g/mol. The Bertz CT molecular complexity index is 1740. The number of hydrogen-bond donors (Lipinski definition) is 2. The van der Waals surface area contributed by atoms with E-state index in [1.54, 1.807) is 27.9 Å². The zero-order valence-corrected chi connectivity index (χ0v) is 30.1. The molecular formula is C38H48N4O8. The highest BCUT2D eigenvalue weighted by molar-refractivity contribution is 5.95. The lowest BCUT2D eigenvalue weighted by Crippen LogP contribution is -2.64. The number of aromatic nitrogens is 1. The number of methoxy groups -OCH3 is 2. The molecule has 0 bridgehead atoms. The largest absolute Gasteiger partial charge is 0.497 e. The molecule has 268 valence electrons. The van der Waals surface area contributed by atoms with E-state index >= 15 is 0 Å². The Morgan fingerprint density at radius 3 is 2.24 bits per heavy atom. The smallest absolute Gasteiger partial charge is 0.408 e. The Morgan fingerprint density at radius 1 is 0.960 bits per heavy atom. The molecule has 1 saturated heterocycles. The fraction of sp³-hybridized carbons (Fsp3) is 0.500. The first-order valence-corrected chi connectivity index (χ1v) is 16.9. The van der Waals surface area contributed by atoms with Gasteiger partial charge in [-0.2, -0.15) is 0 Å². The van der Waals surface area contributed by atoms with Gasteiger partial charge in [-0.15, -0.1) is 0 Å². The van der Waals surface area contributed by atoms with E-state index in [4.69, 9.17) is 23.9 Å². The maximum absolute atomic E-state index is 14.5. The number of hydrogen-bond acceptors (Lipinski definition) is 9. The van der Waals surface area contributed by atoms with Gasteiger partial charge in [0, 0.05) is 29.5 Å². The van der Waals surface area contributed by atoms with E-state index < -0.39 is 58.6 Å². The van der Waals surface area contributed by atoms with Crippen molar-refractivity contribution in [2.24, 2.45) is 5.41 Å². The van der Waals surface area contributed by atoms with E-state index in [1.165, 1.54) is 12.0 Å². The van der Waals surface area contributed by atoms with Gasteiger partial charge in [0.25, 0.3) is 0 Å². The van der Waals surface area contributed by atoms with Gasteiger partial charge in [0.15, 0.2) is 0 Å². The van der Waals surface area contributed by atoms with Crippen LogP contribution in [0.5, 0.6) is 11.5 Å². The Balaban J connectivity index is 1.50. The van der Waals surface area contributed by atoms with Crippen molar-refractivity contribution in [3.63, 3.8) is 0 Å². The number of likely N-dealkylation sites (tertiary alicyclic amines) is 1. The number of fused-ring (bicyclic) bond motifs is 1. The summed E-state index contributed by atoms with van der Waals surface area (Å²) in [5.74, 6) is -0.318. The number of amides is 3. The van der Waals surface area contributed by atoms with Crippen LogP contribution < -0.4 is 20.1 Å². The number of rotatable bonds is 9. The molecular weight excluding hydrogens is 640 g/mol. The minimum absolute atomic E-state index is 0.0470. The fourth-order valence-corrected chi connectivity index (χ4v) is 6.38. The molecule has 0 spiro atoms. The van der Waals surface area contributed by atoms with Gasteiger partial charge in [0.05, 0.1) is 32.0 Å². The first-order valence-electron chi connectivity index (χ1n) is 16.9. The quantitative estimate of drug-likeness (QED) is 0.282. The van der Waals surface area contributed by atoms with Crippen LogP contribution in [0.25, 0.3) is 22.2 Å².